The summed E-state index contributed by atoms with van der Waals surface area (Å²) >= 11 is 0. The summed E-state index contributed by atoms with van der Waals surface area (Å²) in [5, 5.41) is 26.0. The molecule has 2 N–H and O–H groups in total. The van der Waals surface area contributed by atoms with Crippen molar-refractivity contribution in [1.82, 2.24) is 10.1 Å². The number of hydrogen-bond donors (Lipinski definition) is 1. The van der Waals surface area contributed by atoms with Crippen LogP contribution in [0, 0.1) is 20.8 Å². The summed E-state index contributed by atoms with van der Waals surface area (Å²) in [5.41, 5.74) is 12.9. The zero-order chi connectivity index (χ0) is 26.9. The Morgan fingerprint density at radius 1 is 0.615 bits per heavy atom. The fourth-order valence-corrected chi connectivity index (χ4v) is 4.50. The Labute approximate surface area is 224 Å². The summed E-state index contributed by atoms with van der Waals surface area (Å²) in [6.07, 6.45) is 0. The van der Waals surface area contributed by atoms with Crippen molar-refractivity contribution >= 4 is 50.0 Å². The molecular weight excluding hydrogens is 486 g/mol. The van der Waals surface area contributed by atoms with E-state index in [2.05, 4.69) is 55.7 Å². The normalized spacial score (nSPS) is 11.9. The van der Waals surface area contributed by atoms with Crippen molar-refractivity contribution in [1.29, 1.82) is 0 Å². The molecule has 5 aromatic carbocycles. The SMILES string of the molecule is Cc1ccc2c(N)ccc(N=Nc3ccc(N=Nc4cccc(-c5nc(C)no5)c4)c4cc(C)ccc34)c2c1. The smallest absolute Gasteiger partial charge is 0.257 e. The van der Waals surface area contributed by atoms with Gasteiger partial charge in [0, 0.05) is 32.8 Å². The maximum absolute atomic E-state index is 6.19. The molecule has 1 heterocycles. The molecule has 190 valence electrons. The van der Waals surface area contributed by atoms with Gasteiger partial charge in [0.25, 0.3) is 5.89 Å². The standard InChI is InChI=1S/C31H25N7O/c1-18-7-9-23-25(15-18)29(12-11-27(23)32)37-36-28-13-14-30(26-16-19(2)8-10-24(26)28)35-34-22-6-4-5-21(17-22)31-33-20(3)38-39-31/h4-17H,32H2,1-3H3. The number of nitrogens with zero attached hydrogens (tertiary/aromatic N) is 6. The van der Waals surface area contributed by atoms with Gasteiger partial charge in [0.05, 0.1) is 22.7 Å². The number of hydrogen-bond acceptors (Lipinski definition) is 8. The van der Waals surface area contributed by atoms with Gasteiger partial charge in [0.1, 0.15) is 0 Å². The van der Waals surface area contributed by atoms with Gasteiger partial charge in [-0.05, 0) is 75.4 Å². The third kappa shape index (κ3) is 4.87. The van der Waals surface area contributed by atoms with E-state index >= 15 is 0 Å². The van der Waals surface area contributed by atoms with Crippen LogP contribution < -0.4 is 5.73 Å². The average Bonchev–Trinajstić information content (AvgIpc) is 3.38. The minimum atomic E-state index is 0.449. The lowest BCUT2D eigenvalue weighted by molar-refractivity contribution is 0.425. The number of nitrogen functional groups attached to an aromatic ring is 1. The first-order valence-electron chi connectivity index (χ1n) is 12.5. The van der Waals surface area contributed by atoms with Crippen LogP contribution in [0.4, 0.5) is 28.4 Å². The molecule has 8 heteroatoms. The highest BCUT2D eigenvalue weighted by atomic mass is 16.5. The second-order valence-electron chi connectivity index (χ2n) is 9.47. The van der Waals surface area contributed by atoms with E-state index in [9.17, 15) is 0 Å². The van der Waals surface area contributed by atoms with Crippen LogP contribution in [0.25, 0.3) is 33.0 Å². The van der Waals surface area contributed by atoms with Gasteiger partial charge in [-0.2, -0.15) is 10.1 Å². The Morgan fingerprint density at radius 3 is 1.92 bits per heavy atom. The third-order valence-electron chi connectivity index (χ3n) is 6.47. The van der Waals surface area contributed by atoms with E-state index in [4.69, 9.17) is 10.3 Å². The number of aromatic nitrogens is 2. The fourth-order valence-electron chi connectivity index (χ4n) is 4.50. The molecule has 8 nitrogen and oxygen atoms in total. The number of anilines is 1. The Morgan fingerprint density at radius 2 is 1.23 bits per heavy atom. The largest absolute Gasteiger partial charge is 0.398 e. The molecular formula is C31H25N7O. The van der Waals surface area contributed by atoms with Crippen molar-refractivity contribution in [3.05, 3.63) is 102 Å². The topological polar surface area (TPSA) is 114 Å². The highest BCUT2D eigenvalue weighted by Crippen LogP contribution is 2.37. The number of fused-ring (bicyclic) bond motifs is 2. The van der Waals surface area contributed by atoms with Crippen LogP contribution in [0.15, 0.2) is 110 Å². The van der Waals surface area contributed by atoms with Gasteiger partial charge >= 0.3 is 0 Å². The Balaban J connectivity index is 1.37. The van der Waals surface area contributed by atoms with Crippen LogP contribution in [0.2, 0.25) is 0 Å². The quantitative estimate of drug-likeness (QED) is 0.183. The molecule has 0 aliphatic rings. The van der Waals surface area contributed by atoms with Crippen LogP contribution in [0.1, 0.15) is 17.0 Å². The van der Waals surface area contributed by atoms with Crippen molar-refractivity contribution in [2.24, 2.45) is 20.5 Å². The van der Waals surface area contributed by atoms with Gasteiger partial charge in [-0.3, -0.25) is 0 Å². The number of aryl methyl sites for hydroxylation is 3. The molecule has 0 aliphatic heterocycles. The highest BCUT2D eigenvalue weighted by molar-refractivity contribution is 6.01. The first-order valence-corrected chi connectivity index (χ1v) is 12.5. The summed E-state index contributed by atoms with van der Waals surface area (Å²) < 4.78 is 5.28. The third-order valence-corrected chi connectivity index (χ3v) is 6.47. The number of benzene rings is 5. The molecule has 0 radical (unpaired) electrons. The second kappa shape index (κ2) is 9.90. The van der Waals surface area contributed by atoms with Gasteiger partial charge < -0.3 is 10.3 Å². The number of azo groups is 2. The molecule has 0 saturated carbocycles. The van der Waals surface area contributed by atoms with Gasteiger partial charge in [-0.1, -0.05) is 46.6 Å². The second-order valence-corrected chi connectivity index (χ2v) is 9.47. The molecule has 39 heavy (non-hydrogen) atoms. The molecule has 0 atom stereocenters. The van der Waals surface area contributed by atoms with Crippen LogP contribution in [0.3, 0.4) is 0 Å². The Hall–Kier alpha value is -5.24. The molecule has 0 aliphatic carbocycles. The van der Waals surface area contributed by atoms with E-state index in [1.807, 2.05) is 73.7 Å². The van der Waals surface area contributed by atoms with E-state index in [0.29, 0.717) is 17.4 Å². The predicted molar refractivity (Wildman–Crippen MR) is 155 cm³/mol. The molecule has 1 aromatic heterocycles. The summed E-state index contributed by atoms with van der Waals surface area (Å²) in [6.45, 7) is 5.88. The molecule has 0 fully saturated rings. The van der Waals surface area contributed by atoms with Gasteiger partial charge in [-0.15, -0.1) is 15.3 Å². The lowest BCUT2D eigenvalue weighted by Gasteiger charge is -2.07. The first-order chi connectivity index (χ1) is 18.9. The average molecular weight is 512 g/mol. The van der Waals surface area contributed by atoms with Crippen LogP contribution in [0.5, 0.6) is 0 Å². The molecule has 0 spiro atoms. The zero-order valence-electron chi connectivity index (χ0n) is 21.8. The van der Waals surface area contributed by atoms with E-state index < -0.39 is 0 Å². The van der Waals surface area contributed by atoms with E-state index in [1.54, 1.807) is 6.92 Å². The fraction of sp³-hybridized carbons (Fsp3) is 0.0968. The molecule has 0 unspecified atom stereocenters. The lowest BCUT2D eigenvalue weighted by atomic mass is 10.0. The molecule has 0 saturated heterocycles. The van der Waals surface area contributed by atoms with E-state index in [1.165, 1.54) is 0 Å². The number of nitrogens with two attached hydrogens (primary N) is 1. The van der Waals surface area contributed by atoms with Crippen molar-refractivity contribution in [2.75, 3.05) is 5.73 Å². The van der Waals surface area contributed by atoms with Crippen molar-refractivity contribution in [3.63, 3.8) is 0 Å². The van der Waals surface area contributed by atoms with Crippen molar-refractivity contribution in [2.45, 2.75) is 20.8 Å². The van der Waals surface area contributed by atoms with E-state index in [0.717, 1.165) is 61.0 Å². The lowest BCUT2D eigenvalue weighted by Crippen LogP contribution is -1.87. The van der Waals surface area contributed by atoms with Gasteiger partial charge in [0.15, 0.2) is 5.82 Å². The predicted octanol–water partition coefficient (Wildman–Crippen LogP) is 9.38. The van der Waals surface area contributed by atoms with Crippen LogP contribution >= 0.6 is 0 Å². The molecule has 6 aromatic rings. The van der Waals surface area contributed by atoms with Gasteiger partial charge in [-0.25, -0.2) is 0 Å². The summed E-state index contributed by atoms with van der Waals surface area (Å²) in [7, 11) is 0. The highest BCUT2D eigenvalue weighted by Gasteiger charge is 2.10. The summed E-state index contributed by atoms with van der Waals surface area (Å²) in [4.78, 5) is 4.29. The monoisotopic (exact) mass is 511 g/mol. The van der Waals surface area contributed by atoms with E-state index in [-0.39, 0.29) is 0 Å². The molecule has 0 amide bonds. The van der Waals surface area contributed by atoms with Crippen LogP contribution in [-0.4, -0.2) is 10.1 Å². The number of rotatable bonds is 5. The Kier molecular flexibility index (Phi) is 6.13. The maximum atomic E-state index is 6.19. The van der Waals surface area contributed by atoms with Gasteiger partial charge in [0.2, 0.25) is 0 Å². The first kappa shape index (κ1) is 24.1. The summed E-state index contributed by atoms with van der Waals surface area (Å²) in [6, 6.07) is 27.5. The van der Waals surface area contributed by atoms with Crippen LogP contribution in [-0.2, 0) is 0 Å². The van der Waals surface area contributed by atoms with Crippen molar-refractivity contribution < 1.29 is 4.52 Å². The maximum Gasteiger partial charge on any atom is 0.257 e. The minimum absolute atomic E-state index is 0.449. The van der Waals surface area contributed by atoms with Crippen molar-refractivity contribution in [3.8, 4) is 11.5 Å². The zero-order valence-corrected chi connectivity index (χ0v) is 21.8. The summed E-state index contributed by atoms with van der Waals surface area (Å²) in [5.74, 6) is 1.03. The Bertz CT molecular complexity index is 1920. The minimum Gasteiger partial charge on any atom is -0.398 e. The molecule has 6 rings (SSSR count). The molecule has 0 bridgehead atoms.